The quantitative estimate of drug-likeness (QED) is 0.614. The summed E-state index contributed by atoms with van der Waals surface area (Å²) in [6.45, 7) is 1.56. The highest BCUT2D eigenvalue weighted by atomic mass is 19.1. The topological polar surface area (TPSA) is 78.9 Å². The number of anilines is 1. The molecule has 1 aliphatic heterocycles. The van der Waals surface area contributed by atoms with Crippen molar-refractivity contribution in [3.63, 3.8) is 0 Å². The van der Waals surface area contributed by atoms with Crippen LogP contribution < -0.4 is 10.2 Å². The maximum atomic E-state index is 13.7. The average molecular weight is 323 g/mol. The molecule has 0 bridgehead atoms. The first-order valence-corrected chi connectivity index (χ1v) is 7.16. The maximum absolute atomic E-state index is 13.7. The van der Waals surface area contributed by atoms with Crippen molar-refractivity contribution in [3.05, 3.63) is 30.1 Å². The minimum Gasteiger partial charge on any atom is -0.462 e. The summed E-state index contributed by atoms with van der Waals surface area (Å²) >= 11 is 0. The highest BCUT2D eigenvalue weighted by Crippen LogP contribution is 2.19. The van der Waals surface area contributed by atoms with Gasteiger partial charge in [-0.15, -0.1) is 0 Å². The van der Waals surface area contributed by atoms with Crippen LogP contribution in [-0.4, -0.2) is 62.5 Å². The van der Waals surface area contributed by atoms with Gasteiger partial charge in [0.2, 0.25) is 5.91 Å². The number of carbonyl (C=O) groups is 3. The van der Waals surface area contributed by atoms with Crippen LogP contribution in [0.4, 0.5) is 10.1 Å². The Bertz CT molecular complexity index is 600. The van der Waals surface area contributed by atoms with E-state index in [0.717, 1.165) is 7.11 Å². The predicted molar refractivity (Wildman–Crippen MR) is 80.2 cm³/mol. The van der Waals surface area contributed by atoms with Gasteiger partial charge in [-0.1, -0.05) is 12.1 Å². The molecule has 1 aliphatic rings. The number of rotatable bonds is 3. The number of ether oxygens (including phenoxy) is 1. The van der Waals surface area contributed by atoms with Gasteiger partial charge in [0, 0.05) is 26.2 Å². The van der Waals surface area contributed by atoms with Gasteiger partial charge < -0.3 is 19.9 Å². The van der Waals surface area contributed by atoms with Gasteiger partial charge in [-0.3, -0.25) is 9.59 Å². The zero-order valence-corrected chi connectivity index (χ0v) is 12.8. The lowest BCUT2D eigenvalue weighted by Crippen LogP contribution is -2.51. The van der Waals surface area contributed by atoms with Crippen LogP contribution in [0.1, 0.15) is 0 Å². The smallest absolute Gasteiger partial charge is 0.396 e. The molecule has 23 heavy (non-hydrogen) atoms. The van der Waals surface area contributed by atoms with Crippen molar-refractivity contribution in [3.8, 4) is 0 Å². The molecule has 8 heteroatoms. The fraction of sp³-hybridized carbons (Fsp3) is 0.400. The molecule has 0 radical (unpaired) electrons. The minimum absolute atomic E-state index is 0.270. The van der Waals surface area contributed by atoms with Crippen molar-refractivity contribution in [2.24, 2.45) is 0 Å². The van der Waals surface area contributed by atoms with Crippen molar-refractivity contribution in [2.75, 3.05) is 44.7 Å². The summed E-state index contributed by atoms with van der Waals surface area (Å²) in [5, 5.41) is 2.20. The van der Waals surface area contributed by atoms with Crippen molar-refractivity contribution < 1.29 is 23.5 Å². The Hall–Kier alpha value is -2.64. The molecule has 0 unspecified atom stereocenters. The van der Waals surface area contributed by atoms with E-state index in [-0.39, 0.29) is 18.3 Å². The highest BCUT2D eigenvalue weighted by molar-refractivity contribution is 6.32. The number of benzene rings is 1. The van der Waals surface area contributed by atoms with Gasteiger partial charge in [0.15, 0.2) is 0 Å². The minimum atomic E-state index is -1.04. The van der Waals surface area contributed by atoms with Crippen LogP contribution in [-0.2, 0) is 19.1 Å². The van der Waals surface area contributed by atoms with E-state index in [1.807, 2.05) is 4.90 Å². The Balaban J connectivity index is 1.82. The summed E-state index contributed by atoms with van der Waals surface area (Å²) in [5.74, 6) is -2.58. The van der Waals surface area contributed by atoms with Crippen LogP contribution in [0.2, 0.25) is 0 Å². The molecule has 2 rings (SSSR count). The first-order valence-electron chi connectivity index (χ1n) is 7.16. The Kier molecular flexibility index (Phi) is 5.51. The van der Waals surface area contributed by atoms with E-state index in [1.165, 1.54) is 6.07 Å². The number of nitrogens with one attached hydrogen (secondary N) is 1. The largest absolute Gasteiger partial charge is 0.462 e. The van der Waals surface area contributed by atoms with E-state index in [9.17, 15) is 18.8 Å². The van der Waals surface area contributed by atoms with Gasteiger partial charge >= 0.3 is 11.9 Å². The lowest BCUT2D eigenvalue weighted by Gasteiger charge is -2.36. The fourth-order valence-electron chi connectivity index (χ4n) is 2.34. The molecule has 1 N–H and O–H groups in total. The predicted octanol–water partition coefficient (Wildman–Crippen LogP) is -0.236. The molecule has 1 heterocycles. The summed E-state index contributed by atoms with van der Waals surface area (Å²) in [6, 6.07) is 6.49. The molecule has 124 valence electrons. The third-order valence-corrected chi connectivity index (χ3v) is 3.60. The standard InChI is InChI=1S/C15H18FN3O4/c1-23-15(22)14(21)17-10-13(20)19-8-6-18(7-9-19)12-5-3-2-4-11(12)16/h2-5H,6-10H2,1H3,(H,17,21). The van der Waals surface area contributed by atoms with E-state index in [4.69, 9.17) is 0 Å². The molecular weight excluding hydrogens is 305 g/mol. The van der Waals surface area contributed by atoms with E-state index in [0.29, 0.717) is 31.9 Å². The number of methoxy groups -OCH3 is 1. The van der Waals surface area contributed by atoms with Gasteiger partial charge in [0.25, 0.3) is 0 Å². The van der Waals surface area contributed by atoms with Crippen molar-refractivity contribution in [1.29, 1.82) is 0 Å². The SMILES string of the molecule is COC(=O)C(=O)NCC(=O)N1CCN(c2ccccc2F)CC1. The molecule has 0 aromatic heterocycles. The van der Waals surface area contributed by atoms with Crippen LogP contribution in [0, 0.1) is 5.82 Å². The van der Waals surface area contributed by atoms with Crippen LogP contribution >= 0.6 is 0 Å². The first kappa shape index (κ1) is 16.7. The molecule has 1 saturated heterocycles. The van der Waals surface area contributed by atoms with Crippen LogP contribution in [0.15, 0.2) is 24.3 Å². The summed E-state index contributed by atoms with van der Waals surface area (Å²) in [6.07, 6.45) is 0. The normalized spacial score (nSPS) is 14.3. The summed E-state index contributed by atoms with van der Waals surface area (Å²) in [4.78, 5) is 37.6. The Morgan fingerprint density at radius 3 is 2.43 bits per heavy atom. The summed E-state index contributed by atoms with van der Waals surface area (Å²) < 4.78 is 18.0. The zero-order chi connectivity index (χ0) is 16.8. The molecule has 0 saturated carbocycles. The second kappa shape index (κ2) is 7.57. The number of nitrogens with zero attached hydrogens (tertiary/aromatic N) is 2. The van der Waals surface area contributed by atoms with Gasteiger partial charge in [0.05, 0.1) is 19.3 Å². The monoisotopic (exact) mass is 323 g/mol. The molecule has 1 fully saturated rings. The average Bonchev–Trinajstić information content (AvgIpc) is 2.59. The van der Waals surface area contributed by atoms with Crippen LogP contribution in [0.25, 0.3) is 0 Å². The summed E-state index contributed by atoms with van der Waals surface area (Å²) in [5.41, 5.74) is 0.513. The Morgan fingerprint density at radius 1 is 1.17 bits per heavy atom. The fourth-order valence-corrected chi connectivity index (χ4v) is 2.34. The molecule has 0 spiro atoms. The number of carbonyl (C=O) groups excluding carboxylic acids is 3. The molecule has 0 atom stereocenters. The Labute approximate surface area is 133 Å². The van der Waals surface area contributed by atoms with Gasteiger partial charge in [-0.2, -0.15) is 0 Å². The number of piperazine rings is 1. The van der Waals surface area contributed by atoms with Crippen LogP contribution in [0.5, 0.6) is 0 Å². The third-order valence-electron chi connectivity index (χ3n) is 3.60. The molecule has 7 nitrogen and oxygen atoms in total. The number of hydrogen-bond acceptors (Lipinski definition) is 5. The molecule has 1 aromatic carbocycles. The number of para-hydroxylation sites is 1. The van der Waals surface area contributed by atoms with E-state index < -0.39 is 11.9 Å². The molecule has 0 aliphatic carbocycles. The number of hydrogen-bond donors (Lipinski definition) is 1. The molecular formula is C15H18FN3O4. The molecule has 1 aromatic rings. The van der Waals surface area contributed by atoms with E-state index >= 15 is 0 Å². The summed E-state index contributed by atoms with van der Waals surface area (Å²) in [7, 11) is 1.09. The highest BCUT2D eigenvalue weighted by Gasteiger charge is 2.23. The van der Waals surface area contributed by atoms with Crippen molar-refractivity contribution in [2.45, 2.75) is 0 Å². The second-order valence-electron chi connectivity index (χ2n) is 4.99. The number of halogens is 1. The van der Waals surface area contributed by atoms with E-state index in [1.54, 1.807) is 23.1 Å². The van der Waals surface area contributed by atoms with Crippen LogP contribution in [0.3, 0.4) is 0 Å². The lowest BCUT2D eigenvalue weighted by molar-refractivity contribution is -0.153. The molecule has 2 amide bonds. The van der Waals surface area contributed by atoms with Gasteiger partial charge in [-0.25, -0.2) is 9.18 Å². The zero-order valence-electron chi connectivity index (χ0n) is 12.8. The lowest BCUT2D eigenvalue weighted by atomic mass is 10.2. The number of amides is 2. The first-order chi connectivity index (χ1) is 11.0. The van der Waals surface area contributed by atoms with Gasteiger partial charge in [0.1, 0.15) is 5.82 Å². The van der Waals surface area contributed by atoms with Crippen molar-refractivity contribution >= 4 is 23.5 Å². The Morgan fingerprint density at radius 2 is 1.83 bits per heavy atom. The third kappa shape index (κ3) is 4.18. The second-order valence-corrected chi connectivity index (χ2v) is 4.99. The van der Waals surface area contributed by atoms with E-state index in [2.05, 4.69) is 10.1 Å². The maximum Gasteiger partial charge on any atom is 0.396 e. The van der Waals surface area contributed by atoms with Gasteiger partial charge in [-0.05, 0) is 12.1 Å². The number of esters is 1. The van der Waals surface area contributed by atoms with Crippen molar-refractivity contribution in [1.82, 2.24) is 10.2 Å².